The van der Waals surface area contributed by atoms with E-state index in [9.17, 15) is 9.35 Å². The standard InChI is InChI=1S/C11H7NO2S2/c1-16(14)11-8(6-12)10(13)7-4-2-3-5-9(7)15-11/h2-5H,1H3. The van der Waals surface area contributed by atoms with Crippen molar-refractivity contribution in [1.82, 2.24) is 0 Å². The minimum atomic E-state index is -1.31. The normalized spacial score (nSPS) is 12.3. The molecule has 0 N–H and O–H groups in total. The third kappa shape index (κ3) is 1.71. The fourth-order valence-corrected chi connectivity index (χ4v) is 3.44. The van der Waals surface area contributed by atoms with Crippen LogP contribution in [0.2, 0.25) is 0 Å². The van der Waals surface area contributed by atoms with E-state index < -0.39 is 11.2 Å². The highest BCUT2D eigenvalue weighted by molar-refractivity contribution is 7.92. The van der Waals surface area contributed by atoms with Crippen LogP contribution in [0.4, 0.5) is 0 Å². The van der Waals surface area contributed by atoms with Crippen molar-refractivity contribution in [3.63, 3.8) is 0 Å². The van der Waals surface area contributed by atoms with Crippen molar-refractivity contribution in [2.24, 2.45) is 0 Å². The topological polar surface area (TPSA) is 63.9 Å². The maximum Gasteiger partial charge on any atom is 0.228 e. The van der Waals surface area contributed by atoms with E-state index >= 15 is 0 Å². The Bertz CT molecular complexity index is 640. The summed E-state index contributed by atoms with van der Waals surface area (Å²) < 4.78 is 12.6. The van der Waals surface area contributed by atoms with Gasteiger partial charge >= 0.3 is 0 Å². The lowest BCUT2D eigenvalue weighted by Gasteiger charge is -2.05. The molecule has 0 aliphatic rings. The van der Waals surface area contributed by atoms with Gasteiger partial charge in [0.1, 0.15) is 12.3 Å². The Morgan fingerprint density at radius 3 is 2.75 bits per heavy atom. The molecule has 0 aliphatic heterocycles. The average molecular weight is 249 g/mol. The summed E-state index contributed by atoms with van der Waals surface area (Å²) in [6.45, 7) is 0. The number of nitrogens with zero attached hydrogens (tertiary/aromatic N) is 1. The molecule has 80 valence electrons. The van der Waals surface area contributed by atoms with Crippen LogP contribution in [0.3, 0.4) is 0 Å². The van der Waals surface area contributed by atoms with Crippen LogP contribution in [0.1, 0.15) is 5.56 Å². The Labute approximate surface area is 99.1 Å². The molecule has 0 amide bonds. The van der Waals surface area contributed by atoms with Crippen molar-refractivity contribution in [3.8, 4) is 6.07 Å². The number of nitriles is 1. The predicted octanol–water partition coefficient (Wildman–Crippen LogP) is 1.87. The summed E-state index contributed by atoms with van der Waals surface area (Å²) in [5, 5.41) is 9.44. The molecular weight excluding hydrogens is 242 g/mol. The van der Waals surface area contributed by atoms with Crippen molar-refractivity contribution in [1.29, 1.82) is 5.26 Å². The Hall–Kier alpha value is -1.35. The molecule has 3 nitrogen and oxygen atoms in total. The van der Waals surface area contributed by atoms with Gasteiger partial charge in [0.25, 0.3) is 0 Å². The smallest absolute Gasteiger partial charge is 0.228 e. The molecule has 0 saturated heterocycles. The van der Waals surface area contributed by atoms with Gasteiger partial charge in [-0.05, 0) is 23.3 Å². The summed E-state index contributed by atoms with van der Waals surface area (Å²) >= 11 is -0.0730. The van der Waals surface area contributed by atoms with Crippen LogP contribution in [0, 0.1) is 11.3 Å². The molecular formula is C11H7NO2S2. The lowest BCUT2D eigenvalue weighted by molar-refractivity contribution is 0.602. The number of fused-ring (bicyclic) bond motifs is 1. The minimum Gasteiger partial charge on any atom is -0.611 e. The van der Waals surface area contributed by atoms with Gasteiger partial charge in [-0.15, -0.1) is 0 Å². The number of benzene rings is 1. The van der Waals surface area contributed by atoms with E-state index in [-0.39, 0.29) is 11.0 Å². The summed E-state index contributed by atoms with van der Waals surface area (Å²) in [4.78, 5) is 11.9. The van der Waals surface area contributed by atoms with E-state index in [1.165, 1.54) is 17.6 Å². The molecule has 1 aromatic carbocycles. The summed E-state index contributed by atoms with van der Waals surface area (Å²) in [5.74, 6) is 0. The molecule has 0 radical (unpaired) electrons. The predicted molar refractivity (Wildman–Crippen MR) is 65.1 cm³/mol. The Morgan fingerprint density at radius 2 is 2.12 bits per heavy atom. The Balaban J connectivity index is 2.95. The zero-order valence-electron chi connectivity index (χ0n) is 8.39. The number of hydrogen-bond acceptors (Lipinski definition) is 4. The summed E-state index contributed by atoms with van der Waals surface area (Å²) in [6.07, 6.45) is 1.47. The van der Waals surface area contributed by atoms with Crippen LogP contribution in [0.25, 0.3) is 10.1 Å². The molecule has 0 saturated carbocycles. The van der Waals surface area contributed by atoms with Crippen LogP contribution < -0.4 is 5.43 Å². The molecule has 2 rings (SSSR count). The van der Waals surface area contributed by atoms with Crippen LogP contribution >= 0.6 is 11.3 Å². The largest absolute Gasteiger partial charge is 0.611 e. The van der Waals surface area contributed by atoms with E-state index in [0.717, 1.165) is 4.70 Å². The molecule has 1 aromatic heterocycles. The van der Waals surface area contributed by atoms with Crippen LogP contribution in [0.5, 0.6) is 0 Å². The lowest BCUT2D eigenvalue weighted by Crippen LogP contribution is -2.11. The molecule has 16 heavy (non-hydrogen) atoms. The van der Waals surface area contributed by atoms with Crippen molar-refractivity contribution in [2.75, 3.05) is 6.26 Å². The highest BCUT2D eigenvalue weighted by atomic mass is 32.2. The molecule has 1 heterocycles. The van der Waals surface area contributed by atoms with Gasteiger partial charge in [-0.1, -0.05) is 23.5 Å². The number of rotatable bonds is 1. The third-order valence-electron chi connectivity index (χ3n) is 2.14. The van der Waals surface area contributed by atoms with Crippen LogP contribution in [-0.2, 0) is 11.2 Å². The zero-order chi connectivity index (χ0) is 11.7. The van der Waals surface area contributed by atoms with Crippen LogP contribution in [0.15, 0.2) is 33.3 Å². The van der Waals surface area contributed by atoms with Gasteiger partial charge in [-0.3, -0.25) is 4.79 Å². The van der Waals surface area contributed by atoms with Crippen LogP contribution in [-0.4, -0.2) is 10.8 Å². The molecule has 0 fully saturated rings. The fourth-order valence-electron chi connectivity index (χ4n) is 1.42. The van der Waals surface area contributed by atoms with Crippen molar-refractivity contribution in [3.05, 3.63) is 40.1 Å². The van der Waals surface area contributed by atoms with Gasteiger partial charge in [0.15, 0.2) is 5.56 Å². The van der Waals surface area contributed by atoms with Crippen molar-refractivity contribution < 1.29 is 4.55 Å². The highest BCUT2D eigenvalue weighted by Gasteiger charge is 2.18. The molecule has 0 spiro atoms. The maximum atomic E-state index is 11.9. The maximum absolute atomic E-state index is 11.9. The second-order valence-corrected chi connectivity index (χ2v) is 5.78. The van der Waals surface area contributed by atoms with Crippen molar-refractivity contribution in [2.45, 2.75) is 4.21 Å². The summed E-state index contributed by atoms with van der Waals surface area (Å²) in [6, 6.07) is 8.87. The quantitative estimate of drug-likeness (QED) is 0.725. The number of hydrogen-bond donors (Lipinski definition) is 0. The molecule has 1 unspecified atom stereocenters. The zero-order valence-corrected chi connectivity index (χ0v) is 10.0. The Morgan fingerprint density at radius 1 is 1.44 bits per heavy atom. The highest BCUT2D eigenvalue weighted by Crippen LogP contribution is 2.25. The second kappa shape index (κ2) is 4.26. The summed E-state index contributed by atoms with van der Waals surface area (Å²) in [7, 11) is 0. The van der Waals surface area contributed by atoms with E-state index in [4.69, 9.17) is 5.26 Å². The van der Waals surface area contributed by atoms with Gasteiger partial charge < -0.3 is 4.55 Å². The summed E-state index contributed by atoms with van der Waals surface area (Å²) in [5.41, 5.74) is -0.327. The molecule has 0 bridgehead atoms. The first-order valence-electron chi connectivity index (χ1n) is 4.44. The van der Waals surface area contributed by atoms with Gasteiger partial charge in [0, 0.05) is 10.1 Å². The van der Waals surface area contributed by atoms with E-state index in [2.05, 4.69) is 0 Å². The van der Waals surface area contributed by atoms with Gasteiger partial charge in [0.05, 0.1) is 0 Å². The molecule has 2 aromatic rings. The third-order valence-corrected chi connectivity index (χ3v) is 4.78. The first-order chi connectivity index (χ1) is 7.65. The van der Waals surface area contributed by atoms with Gasteiger partial charge in [-0.25, -0.2) is 0 Å². The van der Waals surface area contributed by atoms with Gasteiger partial charge in [0.2, 0.25) is 9.64 Å². The molecule has 0 aliphatic carbocycles. The van der Waals surface area contributed by atoms with E-state index in [1.54, 1.807) is 18.2 Å². The fraction of sp³-hybridized carbons (Fsp3) is 0.0909. The average Bonchev–Trinajstić information content (AvgIpc) is 2.29. The van der Waals surface area contributed by atoms with E-state index in [1.807, 2.05) is 12.1 Å². The molecule has 1 atom stereocenters. The van der Waals surface area contributed by atoms with Crippen molar-refractivity contribution >= 4 is 32.6 Å². The monoisotopic (exact) mass is 249 g/mol. The minimum absolute atomic E-state index is 0.00420. The Kier molecular flexibility index (Phi) is 2.97. The van der Waals surface area contributed by atoms with E-state index in [0.29, 0.717) is 9.60 Å². The first-order valence-corrected chi connectivity index (χ1v) is 6.82. The first kappa shape index (κ1) is 11.1. The van der Waals surface area contributed by atoms with Gasteiger partial charge in [-0.2, -0.15) is 5.26 Å². The molecule has 5 heteroatoms. The second-order valence-electron chi connectivity index (χ2n) is 3.16. The lowest BCUT2D eigenvalue weighted by atomic mass is 10.2. The SMILES string of the molecule is C[S+]([O-])c1sc2ccccc2c(=O)c1C#N.